The molecule has 2 aromatic heterocycles. The van der Waals surface area contributed by atoms with Gasteiger partial charge < -0.3 is 14.8 Å². The Morgan fingerprint density at radius 3 is 2.88 bits per heavy atom. The topological polar surface area (TPSA) is 53.4 Å². The molecule has 7 heteroatoms. The van der Waals surface area contributed by atoms with Gasteiger partial charge in [0.1, 0.15) is 0 Å². The van der Waals surface area contributed by atoms with Gasteiger partial charge in [0.2, 0.25) is 0 Å². The average molecular weight is 347 g/mol. The van der Waals surface area contributed by atoms with Gasteiger partial charge in [-0.1, -0.05) is 0 Å². The summed E-state index contributed by atoms with van der Waals surface area (Å²) in [5.74, 6) is 0. The van der Waals surface area contributed by atoms with E-state index < -0.39 is 0 Å². The molecule has 6 nitrogen and oxygen atoms in total. The molecule has 1 atom stereocenters. The predicted octanol–water partition coefficient (Wildman–Crippen LogP) is 2.42. The smallest absolute Gasteiger partial charge is 0.317 e. The van der Waals surface area contributed by atoms with Crippen LogP contribution < -0.4 is 5.32 Å². The molecule has 3 rings (SSSR count). The number of carbonyl (C=O) groups excluding carboxylic acids is 1. The van der Waals surface area contributed by atoms with Crippen LogP contribution >= 0.6 is 11.3 Å². The summed E-state index contributed by atoms with van der Waals surface area (Å²) >= 11 is 1.74. The Hall–Kier alpha value is -1.86. The van der Waals surface area contributed by atoms with Crippen LogP contribution in [0.2, 0.25) is 0 Å². The van der Waals surface area contributed by atoms with E-state index in [1.807, 2.05) is 15.7 Å². The second kappa shape index (κ2) is 8.30. The summed E-state index contributed by atoms with van der Waals surface area (Å²) in [6, 6.07) is 2.68. The van der Waals surface area contributed by atoms with Crippen molar-refractivity contribution in [2.75, 3.05) is 32.7 Å². The molecular formula is C17H25N5OS. The fourth-order valence-corrected chi connectivity index (χ4v) is 3.77. The van der Waals surface area contributed by atoms with Crippen molar-refractivity contribution in [1.29, 1.82) is 0 Å². The van der Waals surface area contributed by atoms with E-state index in [1.165, 1.54) is 5.56 Å². The Morgan fingerprint density at radius 2 is 2.21 bits per heavy atom. The van der Waals surface area contributed by atoms with Crippen LogP contribution in [0.1, 0.15) is 24.9 Å². The zero-order valence-corrected chi connectivity index (χ0v) is 14.9. The Labute approximate surface area is 147 Å². The van der Waals surface area contributed by atoms with Crippen molar-refractivity contribution in [3.8, 4) is 0 Å². The number of imidazole rings is 1. The van der Waals surface area contributed by atoms with Crippen LogP contribution in [-0.4, -0.2) is 58.1 Å². The highest BCUT2D eigenvalue weighted by Gasteiger charge is 2.24. The fourth-order valence-electron chi connectivity index (χ4n) is 3.02. The van der Waals surface area contributed by atoms with E-state index >= 15 is 0 Å². The maximum absolute atomic E-state index is 12.2. The number of carbonyl (C=O) groups is 1. The first kappa shape index (κ1) is 17.0. The van der Waals surface area contributed by atoms with Crippen LogP contribution in [0.4, 0.5) is 4.79 Å². The zero-order valence-electron chi connectivity index (χ0n) is 14.1. The van der Waals surface area contributed by atoms with Crippen LogP contribution in [0.3, 0.4) is 0 Å². The van der Waals surface area contributed by atoms with Crippen LogP contribution in [0.15, 0.2) is 35.5 Å². The molecule has 2 amide bonds. The zero-order chi connectivity index (χ0) is 16.8. The number of amides is 2. The normalized spacial score (nSPS) is 17.0. The van der Waals surface area contributed by atoms with Crippen LogP contribution in [0.25, 0.3) is 0 Å². The number of piperazine rings is 1. The van der Waals surface area contributed by atoms with E-state index in [4.69, 9.17) is 0 Å². The summed E-state index contributed by atoms with van der Waals surface area (Å²) in [6.07, 6.45) is 6.43. The minimum absolute atomic E-state index is 0.0588. The highest BCUT2D eigenvalue weighted by atomic mass is 32.1. The summed E-state index contributed by atoms with van der Waals surface area (Å²) in [4.78, 5) is 20.6. The first-order chi connectivity index (χ1) is 11.7. The van der Waals surface area contributed by atoms with Gasteiger partial charge in [-0.05, 0) is 35.7 Å². The van der Waals surface area contributed by atoms with Gasteiger partial charge >= 0.3 is 6.03 Å². The van der Waals surface area contributed by atoms with Crippen molar-refractivity contribution in [2.24, 2.45) is 0 Å². The number of urea groups is 1. The van der Waals surface area contributed by atoms with Crippen LogP contribution in [-0.2, 0) is 6.54 Å². The standard InChI is InChI=1S/C17H25N5OS/c1-15(16-3-12-24-13-16)21-8-10-22(11-9-21)17(23)19-4-2-6-20-7-5-18-14-20/h3,5,7,12-15H,2,4,6,8-11H2,1H3,(H,19,23)/t15-/m1/s1. The van der Waals surface area contributed by atoms with Gasteiger partial charge in [0.25, 0.3) is 0 Å². The Balaban J connectivity index is 1.35. The third kappa shape index (κ3) is 4.36. The number of thiophene rings is 1. The van der Waals surface area contributed by atoms with E-state index in [-0.39, 0.29) is 6.03 Å². The summed E-state index contributed by atoms with van der Waals surface area (Å²) < 4.78 is 2.02. The predicted molar refractivity (Wildman–Crippen MR) is 96.1 cm³/mol. The molecule has 0 aliphatic carbocycles. The minimum Gasteiger partial charge on any atom is -0.338 e. The molecule has 24 heavy (non-hydrogen) atoms. The Morgan fingerprint density at radius 1 is 1.38 bits per heavy atom. The van der Waals surface area contributed by atoms with E-state index in [9.17, 15) is 4.79 Å². The molecule has 0 spiro atoms. The van der Waals surface area contributed by atoms with Gasteiger partial charge in [0.15, 0.2) is 0 Å². The van der Waals surface area contributed by atoms with Crippen molar-refractivity contribution >= 4 is 17.4 Å². The molecule has 0 saturated carbocycles. The van der Waals surface area contributed by atoms with Crippen molar-refractivity contribution < 1.29 is 4.79 Å². The molecule has 130 valence electrons. The van der Waals surface area contributed by atoms with E-state index in [2.05, 4.69) is 39.0 Å². The van der Waals surface area contributed by atoms with E-state index in [0.29, 0.717) is 12.6 Å². The minimum atomic E-state index is 0.0588. The van der Waals surface area contributed by atoms with Crippen LogP contribution in [0, 0.1) is 0 Å². The SMILES string of the molecule is C[C@H](c1ccsc1)N1CCN(C(=O)NCCCn2ccnc2)CC1. The molecule has 1 saturated heterocycles. The number of aromatic nitrogens is 2. The van der Waals surface area contributed by atoms with Gasteiger partial charge in [-0.2, -0.15) is 11.3 Å². The largest absolute Gasteiger partial charge is 0.338 e. The lowest BCUT2D eigenvalue weighted by molar-refractivity contribution is 0.114. The molecule has 1 fully saturated rings. The van der Waals surface area contributed by atoms with E-state index in [1.54, 1.807) is 23.9 Å². The van der Waals surface area contributed by atoms with E-state index in [0.717, 1.165) is 39.1 Å². The Bertz CT molecular complexity index is 605. The molecule has 3 heterocycles. The summed E-state index contributed by atoms with van der Waals surface area (Å²) in [7, 11) is 0. The third-order valence-electron chi connectivity index (χ3n) is 4.60. The number of nitrogens with one attached hydrogen (secondary N) is 1. The number of nitrogens with zero attached hydrogens (tertiary/aromatic N) is 4. The van der Waals surface area contributed by atoms with Gasteiger partial charge in [-0.3, -0.25) is 4.90 Å². The molecule has 1 N–H and O–H groups in total. The van der Waals surface area contributed by atoms with Crippen molar-refractivity contribution in [1.82, 2.24) is 24.7 Å². The lowest BCUT2D eigenvalue weighted by atomic mass is 10.1. The second-order valence-corrected chi connectivity index (χ2v) is 6.92. The monoisotopic (exact) mass is 347 g/mol. The second-order valence-electron chi connectivity index (χ2n) is 6.14. The van der Waals surface area contributed by atoms with Gasteiger partial charge in [0.05, 0.1) is 6.33 Å². The lowest BCUT2D eigenvalue weighted by Gasteiger charge is -2.37. The Kier molecular flexibility index (Phi) is 5.87. The maximum atomic E-state index is 12.2. The van der Waals surface area contributed by atoms with Crippen molar-refractivity contribution in [2.45, 2.75) is 25.9 Å². The maximum Gasteiger partial charge on any atom is 0.317 e. The van der Waals surface area contributed by atoms with Gasteiger partial charge in [0, 0.05) is 57.7 Å². The first-order valence-electron chi connectivity index (χ1n) is 8.48. The molecule has 1 aliphatic heterocycles. The lowest BCUT2D eigenvalue weighted by Crippen LogP contribution is -2.52. The highest BCUT2D eigenvalue weighted by Crippen LogP contribution is 2.23. The number of aryl methyl sites for hydroxylation is 1. The summed E-state index contributed by atoms with van der Waals surface area (Å²) in [5.41, 5.74) is 1.37. The third-order valence-corrected chi connectivity index (χ3v) is 5.30. The summed E-state index contributed by atoms with van der Waals surface area (Å²) in [6.45, 7) is 7.27. The van der Waals surface area contributed by atoms with Gasteiger partial charge in [-0.25, -0.2) is 9.78 Å². The first-order valence-corrected chi connectivity index (χ1v) is 9.43. The number of rotatable bonds is 6. The molecule has 0 radical (unpaired) electrons. The number of hydrogen-bond acceptors (Lipinski definition) is 4. The molecule has 0 unspecified atom stereocenters. The molecule has 0 bridgehead atoms. The molecule has 2 aromatic rings. The molecule has 1 aliphatic rings. The van der Waals surface area contributed by atoms with Gasteiger partial charge in [-0.15, -0.1) is 0 Å². The van der Waals surface area contributed by atoms with Crippen molar-refractivity contribution in [3.05, 3.63) is 41.1 Å². The molecule has 0 aromatic carbocycles. The quantitative estimate of drug-likeness (QED) is 0.817. The summed E-state index contributed by atoms with van der Waals surface area (Å²) in [5, 5.41) is 7.36. The fraction of sp³-hybridized carbons (Fsp3) is 0.529. The molecular weight excluding hydrogens is 322 g/mol. The number of hydrogen-bond donors (Lipinski definition) is 1. The van der Waals surface area contributed by atoms with Crippen LogP contribution in [0.5, 0.6) is 0 Å². The van der Waals surface area contributed by atoms with Crippen molar-refractivity contribution in [3.63, 3.8) is 0 Å². The highest BCUT2D eigenvalue weighted by molar-refractivity contribution is 7.07. The average Bonchev–Trinajstić information content (AvgIpc) is 3.31.